The highest BCUT2D eigenvalue weighted by Crippen LogP contribution is 2.33. The van der Waals surface area contributed by atoms with E-state index >= 15 is 0 Å². The number of hydrogen-bond acceptors (Lipinski definition) is 3. The minimum Gasteiger partial charge on any atom is -0.338 e. The molecule has 0 aromatic heterocycles. The van der Waals surface area contributed by atoms with Crippen LogP contribution in [0.3, 0.4) is 0 Å². The third-order valence-electron chi connectivity index (χ3n) is 5.50. The van der Waals surface area contributed by atoms with E-state index in [9.17, 15) is 14.9 Å². The van der Waals surface area contributed by atoms with Gasteiger partial charge in [-0.25, -0.2) is 0 Å². The Morgan fingerprint density at radius 1 is 1.28 bits per heavy atom. The van der Waals surface area contributed by atoms with Gasteiger partial charge in [-0.3, -0.25) is 9.59 Å². The quantitative estimate of drug-likeness (QED) is 0.920. The standard InChI is InChI=1S/C20H25N3O2/c1-15(24)23-12-9-16-7-3-4-8-17(16)18(23)13-19(25)22-20(14-21)10-5-2-6-11-20/h3-4,7-8,18H,2,5-6,9-13H2,1H3,(H,22,25). The van der Waals surface area contributed by atoms with Crippen LogP contribution >= 0.6 is 0 Å². The molecule has 1 aliphatic carbocycles. The highest BCUT2D eigenvalue weighted by atomic mass is 16.2. The van der Waals surface area contributed by atoms with Gasteiger partial charge in [-0.15, -0.1) is 0 Å². The molecule has 1 aliphatic heterocycles. The Morgan fingerprint density at radius 2 is 2.00 bits per heavy atom. The summed E-state index contributed by atoms with van der Waals surface area (Å²) in [6.07, 6.45) is 5.52. The Hall–Kier alpha value is -2.35. The van der Waals surface area contributed by atoms with Gasteiger partial charge in [0.1, 0.15) is 5.54 Å². The topological polar surface area (TPSA) is 73.2 Å². The first kappa shape index (κ1) is 17.5. The van der Waals surface area contributed by atoms with Gasteiger partial charge in [-0.2, -0.15) is 5.26 Å². The molecule has 5 heteroatoms. The Labute approximate surface area is 149 Å². The number of nitrogens with zero attached hydrogens (tertiary/aromatic N) is 2. The summed E-state index contributed by atoms with van der Waals surface area (Å²) in [7, 11) is 0. The molecule has 25 heavy (non-hydrogen) atoms. The van der Waals surface area contributed by atoms with Crippen molar-refractivity contribution in [2.45, 2.75) is 63.5 Å². The number of nitriles is 1. The predicted molar refractivity (Wildman–Crippen MR) is 94.5 cm³/mol. The van der Waals surface area contributed by atoms with Crippen molar-refractivity contribution in [3.8, 4) is 6.07 Å². The van der Waals surface area contributed by atoms with Crippen LogP contribution in [0.4, 0.5) is 0 Å². The average molecular weight is 339 g/mol. The average Bonchev–Trinajstić information content (AvgIpc) is 2.62. The third-order valence-corrected chi connectivity index (χ3v) is 5.50. The van der Waals surface area contributed by atoms with Crippen molar-refractivity contribution in [1.82, 2.24) is 10.2 Å². The van der Waals surface area contributed by atoms with Gasteiger partial charge in [-0.1, -0.05) is 43.5 Å². The number of carbonyl (C=O) groups excluding carboxylic acids is 2. The lowest BCUT2D eigenvalue weighted by Crippen LogP contribution is -2.50. The van der Waals surface area contributed by atoms with Crippen LogP contribution in [0.1, 0.15) is 62.6 Å². The van der Waals surface area contributed by atoms with Crippen molar-refractivity contribution in [3.05, 3.63) is 35.4 Å². The summed E-state index contributed by atoms with van der Waals surface area (Å²) in [4.78, 5) is 26.6. The van der Waals surface area contributed by atoms with Crippen LogP contribution in [0, 0.1) is 11.3 Å². The van der Waals surface area contributed by atoms with Crippen molar-refractivity contribution < 1.29 is 9.59 Å². The molecule has 1 unspecified atom stereocenters. The van der Waals surface area contributed by atoms with Crippen molar-refractivity contribution >= 4 is 11.8 Å². The summed E-state index contributed by atoms with van der Waals surface area (Å²) in [5, 5.41) is 12.5. The predicted octanol–water partition coefficient (Wildman–Crippen LogP) is 2.87. The fourth-order valence-electron chi connectivity index (χ4n) is 4.16. The van der Waals surface area contributed by atoms with Gasteiger partial charge in [0.15, 0.2) is 0 Å². The SMILES string of the molecule is CC(=O)N1CCc2ccccc2C1CC(=O)NC1(C#N)CCCCC1. The van der Waals surface area contributed by atoms with E-state index in [0.717, 1.165) is 31.2 Å². The Bertz CT molecular complexity index is 701. The Balaban J connectivity index is 1.78. The van der Waals surface area contributed by atoms with Crippen molar-refractivity contribution in [2.24, 2.45) is 0 Å². The molecule has 3 rings (SSSR count). The molecule has 1 saturated carbocycles. The molecule has 1 aromatic rings. The molecule has 1 N–H and O–H groups in total. The fraction of sp³-hybridized carbons (Fsp3) is 0.550. The minimum absolute atomic E-state index is 0.0139. The van der Waals surface area contributed by atoms with Crippen molar-refractivity contribution in [2.75, 3.05) is 6.54 Å². The molecule has 5 nitrogen and oxygen atoms in total. The number of hydrogen-bond donors (Lipinski definition) is 1. The monoisotopic (exact) mass is 339 g/mol. The zero-order chi connectivity index (χ0) is 17.9. The van der Waals surface area contributed by atoms with Crippen molar-refractivity contribution in [1.29, 1.82) is 5.26 Å². The van der Waals surface area contributed by atoms with E-state index in [0.29, 0.717) is 19.4 Å². The van der Waals surface area contributed by atoms with Crippen LogP contribution < -0.4 is 5.32 Å². The first-order valence-electron chi connectivity index (χ1n) is 9.12. The second kappa shape index (κ2) is 7.26. The number of carbonyl (C=O) groups is 2. The number of amides is 2. The maximum Gasteiger partial charge on any atom is 0.223 e. The lowest BCUT2D eigenvalue weighted by atomic mass is 9.82. The van der Waals surface area contributed by atoms with Gasteiger partial charge in [0, 0.05) is 13.5 Å². The van der Waals surface area contributed by atoms with Gasteiger partial charge in [0.25, 0.3) is 0 Å². The molecular formula is C20H25N3O2. The molecule has 0 spiro atoms. The Kier molecular flexibility index (Phi) is 5.08. The summed E-state index contributed by atoms with van der Waals surface area (Å²) < 4.78 is 0. The molecule has 0 bridgehead atoms. The van der Waals surface area contributed by atoms with Crippen LogP contribution in [0.2, 0.25) is 0 Å². The van der Waals surface area contributed by atoms with Gasteiger partial charge < -0.3 is 10.2 Å². The molecule has 1 atom stereocenters. The summed E-state index contributed by atoms with van der Waals surface area (Å²) in [6.45, 7) is 2.18. The number of nitrogens with one attached hydrogen (secondary N) is 1. The lowest BCUT2D eigenvalue weighted by molar-refractivity contribution is -0.133. The van der Waals surface area contributed by atoms with E-state index in [-0.39, 0.29) is 24.3 Å². The smallest absolute Gasteiger partial charge is 0.223 e. The molecule has 0 saturated heterocycles. The maximum absolute atomic E-state index is 12.7. The van der Waals surface area contributed by atoms with E-state index in [2.05, 4.69) is 17.5 Å². The number of rotatable bonds is 3. The van der Waals surface area contributed by atoms with E-state index in [4.69, 9.17) is 0 Å². The lowest BCUT2D eigenvalue weighted by Gasteiger charge is -2.38. The third kappa shape index (κ3) is 3.68. The van der Waals surface area contributed by atoms with Crippen LogP contribution in [0.15, 0.2) is 24.3 Å². The van der Waals surface area contributed by atoms with E-state index < -0.39 is 5.54 Å². The van der Waals surface area contributed by atoms with E-state index in [1.165, 1.54) is 5.56 Å². The molecule has 2 aliphatic rings. The van der Waals surface area contributed by atoms with E-state index in [1.54, 1.807) is 11.8 Å². The highest BCUT2D eigenvalue weighted by Gasteiger charge is 2.36. The van der Waals surface area contributed by atoms with Crippen LogP contribution in [-0.4, -0.2) is 28.8 Å². The Morgan fingerprint density at radius 3 is 2.68 bits per heavy atom. The molecule has 1 fully saturated rings. The fourth-order valence-corrected chi connectivity index (χ4v) is 4.16. The zero-order valence-electron chi connectivity index (χ0n) is 14.8. The minimum atomic E-state index is -0.732. The summed E-state index contributed by atoms with van der Waals surface area (Å²) in [5.74, 6) is -0.156. The normalized spacial score (nSPS) is 21.8. The highest BCUT2D eigenvalue weighted by molar-refractivity contribution is 5.80. The van der Waals surface area contributed by atoms with Crippen molar-refractivity contribution in [3.63, 3.8) is 0 Å². The largest absolute Gasteiger partial charge is 0.338 e. The zero-order valence-corrected chi connectivity index (χ0v) is 14.8. The molecule has 132 valence electrons. The molecule has 2 amide bonds. The van der Waals surface area contributed by atoms with Gasteiger partial charge in [0.05, 0.1) is 18.5 Å². The van der Waals surface area contributed by atoms with E-state index in [1.807, 2.05) is 18.2 Å². The maximum atomic E-state index is 12.7. The second-order valence-corrected chi connectivity index (χ2v) is 7.18. The van der Waals surface area contributed by atoms with Crippen LogP contribution in [0.5, 0.6) is 0 Å². The molecule has 0 radical (unpaired) electrons. The van der Waals surface area contributed by atoms with Gasteiger partial charge >= 0.3 is 0 Å². The van der Waals surface area contributed by atoms with Crippen LogP contribution in [0.25, 0.3) is 0 Å². The first-order valence-corrected chi connectivity index (χ1v) is 9.12. The molecule has 1 heterocycles. The number of benzene rings is 1. The van der Waals surface area contributed by atoms with Gasteiger partial charge in [-0.05, 0) is 30.4 Å². The first-order chi connectivity index (χ1) is 12.0. The summed E-state index contributed by atoms with van der Waals surface area (Å²) in [5.41, 5.74) is 1.52. The summed E-state index contributed by atoms with van der Waals surface area (Å²) in [6, 6.07) is 10.1. The summed E-state index contributed by atoms with van der Waals surface area (Å²) >= 11 is 0. The molecular weight excluding hydrogens is 314 g/mol. The second-order valence-electron chi connectivity index (χ2n) is 7.18. The van der Waals surface area contributed by atoms with Crippen LogP contribution in [-0.2, 0) is 16.0 Å². The number of fused-ring (bicyclic) bond motifs is 1. The molecule has 1 aromatic carbocycles. The van der Waals surface area contributed by atoms with Gasteiger partial charge in [0.2, 0.25) is 11.8 Å².